The van der Waals surface area contributed by atoms with Gasteiger partial charge < -0.3 is 19.1 Å². The van der Waals surface area contributed by atoms with Crippen molar-refractivity contribution in [2.45, 2.75) is 58.9 Å². The number of carbonyl (C=O) groups is 2. The number of amides is 1. The van der Waals surface area contributed by atoms with Crippen LogP contribution in [0.3, 0.4) is 0 Å². The van der Waals surface area contributed by atoms with Crippen molar-refractivity contribution in [2.24, 2.45) is 17.8 Å². The Hall–Kier alpha value is -3.26. The van der Waals surface area contributed by atoms with Crippen molar-refractivity contribution in [3.63, 3.8) is 0 Å². The van der Waals surface area contributed by atoms with Crippen LogP contribution in [-0.2, 0) is 16.0 Å². The number of fused-ring (bicyclic) bond motifs is 1. The fraction of sp³-hybridized carbons (Fsp3) is 0.531. The van der Waals surface area contributed by atoms with E-state index in [4.69, 9.17) is 4.74 Å². The second kappa shape index (κ2) is 11.7. The Morgan fingerprint density at radius 1 is 1.12 bits per heavy atom. The van der Waals surface area contributed by atoms with Gasteiger partial charge in [-0.2, -0.15) is 0 Å². The van der Waals surface area contributed by atoms with Crippen LogP contribution in [0.2, 0.25) is 0 Å². The van der Waals surface area contributed by atoms with Gasteiger partial charge in [0.15, 0.2) is 0 Å². The van der Waals surface area contributed by atoms with Gasteiger partial charge in [0.1, 0.15) is 5.82 Å². The first-order valence-electron chi connectivity index (χ1n) is 14.5. The van der Waals surface area contributed by atoms with Crippen LogP contribution in [-0.4, -0.2) is 71.1 Å². The fourth-order valence-corrected chi connectivity index (χ4v) is 6.49. The molecular formula is C32H41FN4O3. The number of aromatic nitrogens is 2. The van der Waals surface area contributed by atoms with Crippen LogP contribution in [0, 0.1) is 30.5 Å². The third-order valence-corrected chi connectivity index (χ3v) is 8.96. The lowest BCUT2D eigenvalue weighted by molar-refractivity contribution is -0.146. The molecule has 1 amide bonds. The standard InChI is InChI=1S/C32H41FN4O3/c1-20(2)35(4)31(38)27-13-26(33)10-11-28(27)37-19-25(30-21(3)14-34-15-29(30)37)12-23-17-36(18-23)16-22-6-8-24(9-7-22)32(39)40-5/h10-11,13-15,19-20,22-24H,6-9,12,16-18H2,1-5H3/t22-,24+. The second-order valence-electron chi connectivity index (χ2n) is 12.1. The predicted octanol–water partition coefficient (Wildman–Crippen LogP) is 5.41. The number of likely N-dealkylation sites (tertiary alicyclic amines) is 1. The molecule has 7 nitrogen and oxygen atoms in total. The Labute approximate surface area is 236 Å². The van der Waals surface area contributed by atoms with Crippen LogP contribution in [0.1, 0.15) is 61.0 Å². The summed E-state index contributed by atoms with van der Waals surface area (Å²) >= 11 is 0. The minimum atomic E-state index is -0.427. The lowest BCUT2D eigenvalue weighted by atomic mass is 9.81. The van der Waals surface area contributed by atoms with Gasteiger partial charge in [0, 0.05) is 50.5 Å². The molecule has 1 aromatic carbocycles. The summed E-state index contributed by atoms with van der Waals surface area (Å²) in [7, 11) is 3.23. The van der Waals surface area contributed by atoms with E-state index in [1.54, 1.807) is 18.0 Å². The zero-order valence-electron chi connectivity index (χ0n) is 24.3. The molecule has 1 saturated heterocycles. The average molecular weight is 549 g/mol. The van der Waals surface area contributed by atoms with Gasteiger partial charge in [-0.1, -0.05) is 0 Å². The molecular weight excluding hydrogens is 507 g/mol. The molecule has 1 aliphatic heterocycles. The van der Waals surface area contributed by atoms with E-state index in [-0.39, 0.29) is 23.8 Å². The number of ether oxygens (including phenoxy) is 1. The minimum Gasteiger partial charge on any atom is -0.469 e. The maximum atomic E-state index is 14.4. The molecule has 0 N–H and O–H groups in total. The molecule has 8 heteroatoms. The molecule has 3 aromatic rings. The fourth-order valence-electron chi connectivity index (χ4n) is 6.49. The number of pyridine rings is 1. The normalized spacial score (nSPS) is 20.1. The van der Waals surface area contributed by atoms with Gasteiger partial charge in [0.05, 0.1) is 36.0 Å². The summed E-state index contributed by atoms with van der Waals surface area (Å²) in [5, 5.41) is 1.16. The van der Waals surface area contributed by atoms with Gasteiger partial charge in [-0.25, -0.2) is 4.39 Å². The van der Waals surface area contributed by atoms with Crippen LogP contribution < -0.4 is 0 Å². The average Bonchev–Trinajstić information content (AvgIpc) is 3.30. The Bertz CT molecular complexity index is 1390. The van der Waals surface area contributed by atoms with Crippen molar-refractivity contribution in [2.75, 3.05) is 33.8 Å². The highest BCUT2D eigenvalue weighted by Crippen LogP contribution is 2.35. The van der Waals surface area contributed by atoms with E-state index in [9.17, 15) is 14.0 Å². The Morgan fingerprint density at radius 2 is 1.85 bits per heavy atom. The number of hydrogen-bond donors (Lipinski definition) is 0. The molecule has 0 bridgehead atoms. The molecule has 0 spiro atoms. The van der Waals surface area contributed by atoms with Crippen molar-refractivity contribution in [3.05, 3.63) is 59.3 Å². The molecule has 5 rings (SSSR count). The molecule has 2 aromatic heterocycles. The summed E-state index contributed by atoms with van der Waals surface area (Å²) in [5.74, 6) is 0.585. The van der Waals surface area contributed by atoms with Crippen LogP contribution in [0.15, 0.2) is 36.8 Å². The molecule has 2 fully saturated rings. The van der Waals surface area contributed by atoms with Crippen molar-refractivity contribution in [1.29, 1.82) is 0 Å². The lowest BCUT2D eigenvalue weighted by Crippen LogP contribution is -2.49. The summed E-state index contributed by atoms with van der Waals surface area (Å²) in [6, 6.07) is 4.45. The van der Waals surface area contributed by atoms with Gasteiger partial charge in [-0.05, 0) is 94.0 Å². The largest absolute Gasteiger partial charge is 0.469 e. The smallest absolute Gasteiger partial charge is 0.308 e. The Balaban J connectivity index is 1.32. The topological polar surface area (TPSA) is 67.7 Å². The molecule has 0 radical (unpaired) electrons. The third kappa shape index (κ3) is 5.64. The molecule has 0 unspecified atom stereocenters. The van der Waals surface area contributed by atoms with E-state index in [1.165, 1.54) is 24.8 Å². The number of hydrogen-bond acceptors (Lipinski definition) is 5. The monoisotopic (exact) mass is 548 g/mol. The molecule has 40 heavy (non-hydrogen) atoms. The number of nitrogens with zero attached hydrogens (tertiary/aromatic N) is 4. The molecule has 2 aliphatic rings. The number of carbonyl (C=O) groups excluding carboxylic acids is 2. The number of halogens is 1. The number of methoxy groups -OCH3 is 1. The second-order valence-corrected chi connectivity index (χ2v) is 12.1. The van der Waals surface area contributed by atoms with Crippen molar-refractivity contribution < 1.29 is 18.7 Å². The maximum absolute atomic E-state index is 14.4. The number of aryl methyl sites for hydroxylation is 1. The Kier molecular flexibility index (Phi) is 8.26. The highest BCUT2D eigenvalue weighted by molar-refractivity contribution is 5.99. The Morgan fingerprint density at radius 3 is 2.52 bits per heavy atom. The van der Waals surface area contributed by atoms with E-state index in [0.29, 0.717) is 23.1 Å². The predicted molar refractivity (Wildman–Crippen MR) is 154 cm³/mol. The van der Waals surface area contributed by atoms with Gasteiger partial charge in [0.25, 0.3) is 5.91 Å². The van der Waals surface area contributed by atoms with E-state index >= 15 is 0 Å². The van der Waals surface area contributed by atoms with Gasteiger partial charge in [-0.15, -0.1) is 0 Å². The molecule has 214 valence electrons. The zero-order valence-corrected chi connectivity index (χ0v) is 24.3. The van der Waals surface area contributed by atoms with Crippen LogP contribution in [0.5, 0.6) is 0 Å². The third-order valence-electron chi connectivity index (χ3n) is 8.96. The summed E-state index contributed by atoms with van der Waals surface area (Å²) in [4.78, 5) is 33.8. The van der Waals surface area contributed by atoms with E-state index in [1.807, 2.05) is 30.8 Å². The quantitative estimate of drug-likeness (QED) is 0.352. The summed E-state index contributed by atoms with van der Waals surface area (Å²) in [6.07, 6.45) is 10.8. The van der Waals surface area contributed by atoms with Crippen LogP contribution in [0.25, 0.3) is 16.6 Å². The number of rotatable bonds is 8. The van der Waals surface area contributed by atoms with Gasteiger partial charge in [-0.3, -0.25) is 14.6 Å². The summed E-state index contributed by atoms with van der Waals surface area (Å²) in [5.41, 5.74) is 4.27. The SMILES string of the molecule is COC(=O)[C@H]1CC[C@@H](CN2CC(Cc3cn(-c4ccc(F)cc4C(=O)N(C)C(C)C)c4cncc(C)c34)C2)CC1. The zero-order chi connectivity index (χ0) is 28.6. The van der Waals surface area contributed by atoms with E-state index in [0.717, 1.165) is 68.2 Å². The molecule has 3 heterocycles. The highest BCUT2D eigenvalue weighted by atomic mass is 19.1. The first kappa shape index (κ1) is 28.3. The first-order chi connectivity index (χ1) is 19.2. The number of esters is 1. The first-order valence-corrected chi connectivity index (χ1v) is 14.5. The summed E-state index contributed by atoms with van der Waals surface area (Å²) in [6.45, 7) is 9.19. The highest BCUT2D eigenvalue weighted by Gasteiger charge is 2.33. The van der Waals surface area contributed by atoms with Crippen molar-refractivity contribution in [1.82, 2.24) is 19.4 Å². The van der Waals surface area contributed by atoms with Crippen LogP contribution in [0.4, 0.5) is 4.39 Å². The van der Waals surface area contributed by atoms with E-state index < -0.39 is 5.82 Å². The molecule has 1 saturated carbocycles. The van der Waals surface area contributed by atoms with Gasteiger partial charge >= 0.3 is 5.97 Å². The van der Waals surface area contributed by atoms with Gasteiger partial charge in [0.2, 0.25) is 0 Å². The van der Waals surface area contributed by atoms with Crippen molar-refractivity contribution in [3.8, 4) is 5.69 Å². The maximum Gasteiger partial charge on any atom is 0.308 e. The summed E-state index contributed by atoms with van der Waals surface area (Å²) < 4.78 is 21.3. The van der Waals surface area contributed by atoms with Crippen LogP contribution >= 0.6 is 0 Å². The van der Waals surface area contributed by atoms with Crippen molar-refractivity contribution >= 4 is 22.8 Å². The minimum absolute atomic E-state index is 0.00561. The number of benzene rings is 1. The molecule has 0 atom stereocenters. The van der Waals surface area contributed by atoms with E-state index in [2.05, 4.69) is 23.0 Å². The molecule has 1 aliphatic carbocycles. The lowest BCUT2D eigenvalue weighted by Gasteiger charge is -2.42.